The normalized spacial score (nSPS) is 15.9. The van der Waals surface area contributed by atoms with Gasteiger partial charge in [-0.15, -0.1) is 0 Å². The molecular formula is C14H20ClN3O. The van der Waals surface area contributed by atoms with E-state index in [-0.39, 0.29) is 11.9 Å². The smallest absolute Gasteiger partial charge is 0.253 e. The maximum atomic E-state index is 12.3. The lowest BCUT2D eigenvalue weighted by Crippen LogP contribution is -2.35. The summed E-state index contributed by atoms with van der Waals surface area (Å²) in [6, 6.07) is 5.27. The highest BCUT2D eigenvalue weighted by Gasteiger charge is 2.26. The molecule has 0 bridgehead atoms. The summed E-state index contributed by atoms with van der Waals surface area (Å²) in [5.41, 5.74) is 3.60. The molecule has 1 atom stereocenters. The van der Waals surface area contributed by atoms with E-state index >= 15 is 0 Å². The first kappa shape index (κ1) is 14.2. The lowest BCUT2D eigenvalue weighted by Gasteiger charge is -2.18. The van der Waals surface area contributed by atoms with Gasteiger partial charge in [-0.25, -0.2) is 0 Å². The summed E-state index contributed by atoms with van der Waals surface area (Å²) < 4.78 is 0. The van der Waals surface area contributed by atoms with E-state index in [1.165, 1.54) is 12.8 Å². The van der Waals surface area contributed by atoms with Gasteiger partial charge < -0.3 is 10.7 Å². The standard InChI is InChI=1S/C14H20ClN3O/c1-2-11(7-9-3-4-9)17-14(19)12-8-10(15)5-6-13(12)18-16/h5-6,8-9,11,18H,2-4,7,16H2,1H3,(H,17,19). The first-order chi connectivity index (χ1) is 9.13. The highest BCUT2D eigenvalue weighted by Crippen LogP contribution is 2.34. The molecule has 1 unspecified atom stereocenters. The van der Waals surface area contributed by atoms with E-state index in [1.807, 2.05) is 0 Å². The van der Waals surface area contributed by atoms with E-state index < -0.39 is 0 Å². The van der Waals surface area contributed by atoms with E-state index in [0.717, 1.165) is 18.8 Å². The molecule has 0 heterocycles. The van der Waals surface area contributed by atoms with Crippen LogP contribution in [0.5, 0.6) is 0 Å². The Labute approximate surface area is 118 Å². The minimum atomic E-state index is -0.122. The number of hydrogen-bond acceptors (Lipinski definition) is 3. The van der Waals surface area contributed by atoms with Crippen LogP contribution in [0.4, 0.5) is 5.69 Å². The van der Waals surface area contributed by atoms with Crippen LogP contribution in [-0.4, -0.2) is 11.9 Å². The Balaban J connectivity index is 2.06. The predicted octanol–water partition coefficient (Wildman–Crippen LogP) is 2.93. The topological polar surface area (TPSA) is 67.2 Å². The fourth-order valence-electron chi connectivity index (χ4n) is 2.18. The zero-order valence-corrected chi connectivity index (χ0v) is 11.8. The number of carbonyl (C=O) groups excluding carboxylic acids is 1. The molecule has 1 aliphatic rings. The van der Waals surface area contributed by atoms with Crippen molar-refractivity contribution in [2.24, 2.45) is 11.8 Å². The molecule has 0 radical (unpaired) electrons. The van der Waals surface area contributed by atoms with Crippen LogP contribution in [0.1, 0.15) is 43.0 Å². The molecule has 1 amide bonds. The number of hydrogen-bond donors (Lipinski definition) is 3. The number of halogens is 1. The number of rotatable bonds is 6. The van der Waals surface area contributed by atoms with Crippen molar-refractivity contribution in [3.8, 4) is 0 Å². The van der Waals surface area contributed by atoms with Gasteiger partial charge in [-0.05, 0) is 37.0 Å². The Morgan fingerprint density at radius 1 is 1.53 bits per heavy atom. The second-order valence-electron chi connectivity index (χ2n) is 5.09. The van der Waals surface area contributed by atoms with Crippen molar-refractivity contribution in [2.45, 2.75) is 38.6 Å². The van der Waals surface area contributed by atoms with E-state index in [4.69, 9.17) is 17.4 Å². The minimum Gasteiger partial charge on any atom is -0.349 e. The molecule has 1 aromatic carbocycles. The number of amides is 1. The Bertz CT molecular complexity index is 460. The predicted molar refractivity (Wildman–Crippen MR) is 78.1 cm³/mol. The molecule has 104 valence electrons. The summed E-state index contributed by atoms with van der Waals surface area (Å²) in [6.07, 6.45) is 4.58. The second-order valence-corrected chi connectivity index (χ2v) is 5.53. The van der Waals surface area contributed by atoms with Gasteiger partial charge in [0.1, 0.15) is 0 Å². The number of carbonyl (C=O) groups is 1. The van der Waals surface area contributed by atoms with Gasteiger partial charge in [-0.2, -0.15) is 0 Å². The van der Waals surface area contributed by atoms with Crippen LogP contribution in [0.15, 0.2) is 18.2 Å². The highest BCUT2D eigenvalue weighted by molar-refractivity contribution is 6.31. The number of nitrogens with two attached hydrogens (primary N) is 1. The molecule has 4 nitrogen and oxygen atoms in total. The Morgan fingerprint density at radius 2 is 2.26 bits per heavy atom. The van der Waals surface area contributed by atoms with E-state index in [1.54, 1.807) is 18.2 Å². The summed E-state index contributed by atoms with van der Waals surface area (Å²) in [5.74, 6) is 6.09. The molecule has 1 fully saturated rings. The van der Waals surface area contributed by atoms with Crippen LogP contribution in [0.25, 0.3) is 0 Å². The van der Waals surface area contributed by atoms with E-state index in [9.17, 15) is 4.79 Å². The highest BCUT2D eigenvalue weighted by atomic mass is 35.5. The third-order valence-electron chi connectivity index (χ3n) is 3.52. The van der Waals surface area contributed by atoms with Gasteiger partial charge in [0, 0.05) is 11.1 Å². The van der Waals surface area contributed by atoms with Gasteiger partial charge in [0.2, 0.25) is 0 Å². The van der Waals surface area contributed by atoms with Gasteiger partial charge in [0.05, 0.1) is 11.3 Å². The largest absolute Gasteiger partial charge is 0.349 e. The van der Waals surface area contributed by atoms with Gasteiger partial charge in [0.25, 0.3) is 5.91 Å². The molecule has 1 aromatic rings. The number of benzene rings is 1. The lowest BCUT2D eigenvalue weighted by atomic mass is 10.1. The summed E-state index contributed by atoms with van der Waals surface area (Å²) >= 11 is 5.93. The van der Waals surface area contributed by atoms with E-state index in [0.29, 0.717) is 16.3 Å². The first-order valence-corrected chi connectivity index (χ1v) is 7.08. The zero-order valence-electron chi connectivity index (χ0n) is 11.1. The maximum absolute atomic E-state index is 12.3. The maximum Gasteiger partial charge on any atom is 0.253 e. The second kappa shape index (κ2) is 6.26. The molecule has 0 aliphatic heterocycles. The van der Waals surface area contributed by atoms with Gasteiger partial charge in [-0.3, -0.25) is 10.6 Å². The average molecular weight is 282 g/mol. The molecule has 0 aromatic heterocycles. The summed E-state index contributed by atoms with van der Waals surface area (Å²) in [6.45, 7) is 2.09. The number of nitrogen functional groups attached to an aromatic ring is 1. The summed E-state index contributed by atoms with van der Waals surface area (Å²) in [7, 11) is 0. The molecule has 19 heavy (non-hydrogen) atoms. The third kappa shape index (κ3) is 3.85. The van der Waals surface area contributed by atoms with Crippen molar-refractivity contribution in [1.29, 1.82) is 0 Å². The van der Waals surface area contributed by atoms with Crippen molar-refractivity contribution < 1.29 is 4.79 Å². The molecule has 4 N–H and O–H groups in total. The average Bonchev–Trinajstić information content (AvgIpc) is 3.21. The Kier molecular flexibility index (Phi) is 4.66. The monoisotopic (exact) mass is 281 g/mol. The van der Waals surface area contributed by atoms with Crippen molar-refractivity contribution in [3.05, 3.63) is 28.8 Å². The molecule has 0 spiro atoms. The minimum absolute atomic E-state index is 0.122. The zero-order chi connectivity index (χ0) is 13.8. The fraction of sp³-hybridized carbons (Fsp3) is 0.500. The first-order valence-electron chi connectivity index (χ1n) is 6.71. The lowest BCUT2D eigenvalue weighted by molar-refractivity contribution is 0.0933. The van der Waals surface area contributed by atoms with Crippen LogP contribution in [-0.2, 0) is 0 Å². The van der Waals surface area contributed by atoms with Crippen LogP contribution < -0.4 is 16.6 Å². The van der Waals surface area contributed by atoms with Crippen LogP contribution in [0.2, 0.25) is 5.02 Å². The SMILES string of the molecule is CCC(CC1CC1)NC(=O)c1cc(Cl)ccc1NN. The van der Waals surface area contributed by atoms with Crippen molar-refractivity contribution in [1.82, 2.24) is 5.32 Å². The van der Waals surface area contributed by atoms with Crippen molar-refractivity contribution in [3.63, 3.8) is 0 Å². The molecule has 0 saturated heterocycles. The summed E-state index contributed by atoms with van der Waals surface area (Å²) in [4.78, 5) is 12.3. The van der Waals surface area contributed by atoms with Crippen LogP contribution in [0, 0.1) is 5.92 Å². The molecule has 5 heteroatoms. The van der Waals surface area contributed by atoms with Crippen molar-refractivity contribution in [2.75, 3.05) is 5.43 Å². The van der Waals surface area contributed by atoms with Gasteiger partial charge in [0.15, 0.2) is 0 Å². The number of anilines is 1. The Hall–Kier alpha value is -1.26. The van der Waals surface area contributed by atoms with Crippen molar-refractivity contribution >= 4 is 23.2 Å². The van der Waals surface area contributed by atoms with Gasteiger partial charge in [-0.1, -0.05) is 31.4 Å². The quantitative estimate of drug-likeness (QED) is 0.555. The summed E-state index contributed by atoms with van der Waals surface area (Å²) in [5, 5.41) is 3.59. The van der Waals surface area contributed by atoms with Crippen LogP contribution in [0.3, 0.4) is 0 Å². The molecule has 1 saturated carbocycles. The molecular weight excluding hydrogens is 262 g/mol. The number of nitrogens with one attached hydrogen (secondary N) is 2. The van der Waals surface area contributed by atoms with E-state index in [2.05, 4.69) is 17.7 Å². The molecule has 1 aliphatic carbocycles. The third-order valence-corrected chi connectivity index (χ3v) is 3.76. The number of hydrazine groups is 1. The molecule has 2 rings (SSSR count). The fourth-order valence-corrected chi connectivity index (χ4v) is 2.35. The van der Waals surface area contributed by atoms with Crippen LogP contribution >= 0.6 is 11.6 Å². The Morgan fingerprint density at radius 3 is 2.84 bits per heavy atom. The van der Waals surface area contributed by atoms with Gasteiger partial charge >= 0.3 is 0 Å².